The van der Waals surface area contributed by atoms with Gasteiger partial charge in [0.25, 0.3) is 0 Å². The van der Waals surface area contributed by atoms with E-state index in [4.69, 9.17) is 9.47 Å². The second-order valence-electron chi connectivity index (χ2n) is 6.00. The molecular weight excluding hydrogens is 350 g/mol. The van der Waals surface area contributed by atoms with Gasteiger partial charge in [-0.05, 0) is 29.8 Å². The molecule has 0 N–H and O–H groups in total. The molecule has 132 valence electrons. The fraction of sp³-hybridized carbons (Fsp3) is 0.211. The van der Waals surface area contributed by atoms with Crippen molar-refractivity contribution in [3.05, 3.63) is 59.4 Å². The lowest BCUT2D eigenvalue weighted by atomic mass is 10.2. The molecule has 0 fully saturated rings. The molecule has 3 aromatic rings. The third kappa shape index (κ3) is 3.52. The maximum atomic E-state index is 12.5. The van der Waals surface area contributed by atoms with Gasteiger partial charge in [0.1, 0.15) is 5.01 Å². The maximum Gasteiger partial charge on any atom is 0.231 e. The Morgan fingerprint density at radius 3 is 3.00 bits per heavy atom. The lowest BCUT2D eigenvalue weighted by molar-refractivity contribution is -0.129. The Labute approximate surface area is 155 Å². The lowest BCUT2D eigenvalue weighted by Gasteiger charge is -2.17. The van der Waals surface area contributed by atoms with E-state index in [1.54, 1.807) is 24.3 Å². The van der Waals surface area contributed by atoms with Gasteiger partial charge in [-0.15, -0.1) is 11.3 Å². The quantitative estimate of drug-likeness (QED) is 0.693. The normalized spacial score (nSPS) is 12.2. The van der Waals surface area contributed by atoms with E-state index in [0.717, 1.165) is 33.3 Å². The summed E-state index contributed by atoms with van der Waals surface area (Å²) in [5, 5.41) is 2.80. The molecule has 1 aliphatic heterocycles. The van der Waals surface area contributed by atoms with E-state index in [9.17, 15) is 4.79 Å². The number of carbonyl (C=O) groups is 1. The smallest absolute Gasteiger partial charge is 0.231 e. The van der Waals surface area contributed by atoms with Crippen molar-refractivity contribution in [1.29, 1.82) is 0 Å². The minimum Gasteiger partial charge on any atom is -0.454 e. The minimum absolute atomic E-state index is 0.0192. The van der Waals surface area contributed by atoms with E-state index in [2.05, 4.69) is 9.97 Å². The van der Waals surface area contributed by atoms with Gasteiger partial charge in [0.15, 0.2) is 11.5 Å². The van der Waals surface area contributed by atoms with E-state index in [1.807, 2.05) is 35.7 Å². The van der Waals surface area contributed by atoms with Gasteiger partial charge in [0.2, 0.25) is 12.7 Å². The van der Waals surface area contributed by atoms with Crippen molar-refractivity contribution in [1.82, 2.24) is 14.9 Å². The van der Waals surface area contributed by atoms with Crippen LogP contribution in [0.4, 0.5) is 0 Å². The van der Waals surface area contributed by atoms with Crippen molar-refractivity contribution in [3.8, 4) is 22.1 Å². The zero-order valence-corrected chi connectivity index (χ0v) is 15.0. The van der Waals surface area contributed by atoms with E-state index < -0.39 is 0 Å². The Morgan fingerprint density at radius 1 is 1.27 bits per heavy atom. The Morgan fingerprint density at radius 2 is 2.15 bits per heavy atom. The largest absolute Gasteiger partial charge is 0.454 e. The van der Waals surface area contributed by atoms with Gasteiger partial charge in [-0.3, -0.25) is 9.78 Å². The molecule has 0 atom stereocenters. The number of hydrogen-bond acceptors (Lipinski definition) is 6. The summed E-state index contributed by atoms with van der Waals surface area (Å²) in [6.45, 7) is 0.756. The maximum absolute atomic E-state index is 12.5. The standard InChI is InChI=1S/C19H17N3O3S/c1-22(10-13-4-5-16-17(7-13)25-12-24-16)18(23)8-15-11-26-19(21-15)14-3-2-6-20-9-14/h2-7,9,11H,8,10,12H2,1H3. The molecule has 0 bridgehead atoms. The van der Waals surface area contributed by atoms with Crippen LogP contribution in [-0.4, -0.2) is 34.6 Å². The van der Waals surface area contributed by atoms with Crippen LogP contribution in [-0.2, 0) is 17.8 Å². The van der Waals surface area contributed by atoms with Crippen LogP contribution in [0.15, 0.2) is 48.1 Å². The highest BCUT2D eigenvalue weighted by atomic mass is 32.1. The van der Waals surface area contributed by atoms with E-state index in [0.29, 0.717) is 6.54 Å². The third-order valence-corrected chi connectivity index (χ3v) is 5.02. The third-order valence-electron chi connectivity index (χ3n) is 4.08. The summed E-state index contributed by atoms with van der Waals surface area (Å²) in [5.41, 5.74) is 2.74. The van der Waals surface area contributed by atoms with Crippen LogP contribution < -0.4 is 9.47 Å². The van der Waals surface area contributed by atoms with Crippen LogP contribution in [0.3, 0.4) is 0 Å². The van der Waals surface area contributed by atoms with Gasteiger partial charge in [0, 0.05) is 36.9 Å². The number of thiazole rings is 1. The van der Waals surface area contributed by atoms with Crippen LogP contribution >= 0.6 is 11.3 Å². The molecule has 0 unspecified atom stereocenters. The molecule has 0 radical (unpaired) electrons. The summed E-state index contributed by atoms with van der Waals surface area (Å²) in [7, 11) is 1.79. The Bertz CT molecular complexity index is 927. The Kier molecular flexibility index (Phi) is 4.53. The number of nitrogens with zero attached hydrogens (tertiary/aromatic N) is 3. The van der Waals surface area contributed by atoms with Crippen molar-refractivity contribution in [2.24, 2.45) is 0 Å². The van der Waals surface area contributed by atoms with E-state index in [1.165, 1.54) is 11.3 Å². The first kappa shape index (κ1) is 16.5. The van der Waals surface area contributed by atoms with Crippen LogP contribution in [0.1, 0.15) is 11.3 Å². The molecule has 1 amide bonds. The lowest BCUT2D eigenvalue weighted by Crippen LogP contribution is -2.27. The highest BCUT2D eigenvalue weighted by molar-refractivity contribution is 7.13. The average molecular weight is 367 g/mol. The number of fused-ring (bicyclic) bond motifs is 1. The number of ether oxygens (including phenoxy) is 2. The van der Waals surface area contributed by atoms with Crippen LogP contribution in [0, 0.1) is 0 Å². The van der Waals surface area contributed by atoms with Crippen LogP contribution in [0.5, 0.6) is 11.5 Å². The molecule has 1 aromatic carbocycles. The van der Waals surface area contributed by atoms with Gasteiger partial charge in [-0.1, -0.05) is 6.07 Å². The topological polar surface area (TPSA) is 64.6 Å². The molecule has 6 nitrogen and oxygen atoms in total. The molecule has 4 rings (SSSR count). The number of aromatic nitrogens is 2. The molecule has 0 saturated heterocycles. The summed E-state index contributed by atoms with van der Waals surface area (Å²) < 4.78 is 10.7. The van der Waals surface area contributed by atoms with Crippen molar-refractivity contribution in [2.75, 3.05) is 13.8 Å². The molecule has 3 heterocycles. The molecule has 2 aromatic heterocycles. The molecule has 7 heteroatoms. The first-order chi connectivity index (χ1) is 12.7. The van der Waals surface area contributed by atoms with E-state index >= 15 is 0 Å². The molecule has 26 heavy (non-hydrogen) atoms. The number of amides is 1. The predicted molar refractivity (Wildman–Crippen MR) is 98.1 cm³/mol. The number of hydrogen-bond donors (Lipinski definition) is 0. The van der Waals surface area contributed by atoms with Crippen molar-refractivity contribution in [2.45, 2.75) is 13.0 Å². The van der Waals surface area contributed by atoms with Crippen molar-refractivity contribution in [3.63, 3.8) is 0 Å². The molecule has 0 spiro atoms. The molecule has 0 aliphatic carbocycles. The van der Waals surface area contributed by atoms with Gasteiger partial charge < -0.3 is 14.4 Å². The summed E-state index contributed by atoms with van der Waals surface area (Å²) in [6.07, 6.45) is 3.78. The highest BCUT2D eigenvalue weighted by Gasteiger charge is 2.16. The predicted octanol–water partition coefficient (Wildman–Crippen LogP) is 3.13. The van der Waals surface area contributed by atoms with Gasteiger partial charge in [-0.2, -0.15) is 0 Å². The number of pyridine rings is 1. The average Bonchev–Trinajstić information content (AvgIpc) is 3.31. The van der Waals surface area contributed by atoms with E-state index in [-0.39, 0.29) is 19.1 Å². The van der Waals surface area contributed by atoms with Gasteiger partial charge in [0.05, 0.1) is 12.1 Å². The first-order valence-electron chi connectivity index (χ1n) is 8.16. The number of benzene rings is 1. The number of rotatable bonds is 5. The fourth-order valence-electron chi connectivity index (χ4n) is 2.70. The monoisotopic (exact) mass is 367 g/mol. The molecule has 1 aliphatic rings. The number of carbonyl (C=O) groups excluding carboxylic acids is 1. The van der Waals surface area contributed by atoms with Gasteiger partial charge >= 0.3 is 0 Å². The van der Waals surface area contributed by atoms with Gasteiger partial charge in [-0.25, -0.2) is 4.98 Å². The molecular formula is C19H17N3O3S. The van der Waals surface area contributed by atoms with Crippen molar-refractivity contribution >= 4 is 17.2 Å². The van der Waals surface area contributed by atoms with Crippen LogP contribution in [0.25, 0.3) is 10.6 Å². The summed E-state index contributed by atoms with van der Waals surface area (Å²) in [5.74, 6) is 1.49. The Balaban J connectivity index is 1.39. The zero-order chi connectivity index (χ0) is 17.9. The SMILES string of the molecule is CN(Cc1ccc2c(c1)OCO2)C(=O)Cc1csc(-c2cccnc2)n1. The zero-order valence-electron chi connectivity index (χ0n) is 14.2. The van der Waals surface area contributed by atoms with Crippen LogP contribution in [0.2, 0.25) is 0 Å². The second kappa shape index (κ2) is 7.13. The Hall–Kier alpha value is -2.93. The highest BCUT2D eigenvalue weighted by Crippen LogP contribution is 2.32. The second-order valence-corrected chi connectivity index (χ2v) is 6.86. The molecule has 0 saturated carbocycles. The first-order valence-corrected chi connectivity index (χ1v) is 9.04. The minimum atomic E-state index is 0.0192. The summed E-state index contributed by atoms with van der Waals surface area (Å²) in [4.78, 5) is 22.9. The number of likely N-dealkylation sites (N-methyl/N-ethyl adjacent to an activating group) is 1. The summed E-state index contributed by atoms with van der Waals surface area (Å²) in [6, 6.07) is 9.57. The fourth-order valence-corrected chi connectivity index (χ4v) is 3.51. The van der Waals surface area contributed by atoms with Crippen molar-refractivity contribution < 1.29 is 14.3 Å². The summed E-state index contributed by atoms with van der Waals surface area (Å²) >= 11 is 1.52.